The number of hydrogen-bond donors (Lipinski definition) is 3. The molecule has 1 fully saturated rings. The van der Waals surface area contributed by atoms with E-state index >= 15 is 0 Å². The molecule has 3 rings (SSSR count). The van der Waals surface area contributed by atoms with Crippen molar-refractivity contribution in [2.75, 3.05) is 25.0 Å². The first-order valence-electron chi connectivity index (χ1n) is 8.58. The third-order valence-electron chi connectivity index (χ3n) is 4.44. The van der Waals surface area contributed by atoms with Crippen molar-refractivity contribution in [3.05, 3.63) is 53.5 Å². The largest absolute Gasteiger partial charge is 0.459 e. The van der Waals surface area contributed by atoms with Crippen LogP contribution in [0.4, 0.5) is 5.69 Å². The Balaban J connectivity index is 0.00000243. The number of nitrogens with one attached hydrogen (secondary N) is 3. The second-order valence-electron chi connectivity index (χ2n) is 6.38. The number of halogens is 1. The highest BCUT2D eigenvalue weighted by Gasteiger charge is 2.16. The summed E-state index contributed by atoms with van der Waals surface area (Å²) in [5.74, 6) is 0.248. The molecule has 3 N–H and O–H groups in total. The SMILES string of the molecule is Cc1ccc(C(=O)NCC2CCCNC2)cc1NC(=O)c1ccco1.Cl. The Bertz CT molecular complexity index is 740. The first-order chi connectivity index (χ1) is 12.1. The van der Waals surface area contributed by atoms with Crippen molar-refractivity contribution in [3.63, 3.8) is 0 Å². The summed E-state index contributed by atoms with van der Waals surface area (Å²) in [7, 11) is 0. The monoisotopic (exact) mass is 377 g/mol. The van der Waals surface area contributed by atoms with Gasteiger partial charge in [-0.15, -0.1) is 12.4 Å². The van der Waals surface area contributed by atoms with Gasteiger partial charge in [-0.25, -0.2) is 0 Å². The molecule has 2 amide bonds. The van der Waals surface area contributed by atoms with E-state index in [9.17, 15) is 9.59 Å². The van der Waals surface area contributed by atoms with E-state index in [2.05, 4.69) is 16.0 Å². The highest BCUT2D eigenvalue weighted by atomic mass is 35.5. The summed E-state index contributed by atoms with van der Waals surface area (Å²) in [6, 6.07) is 8.55. The van der Waals surface area contributed by atoms with E-state index in [1.165, 1.54) is 6.26 Å². The van der Waals surface area contributed by atoms with E-state index in [0.717, 1.165) is 31.5 Å². The Labute approximate surface area is 159 Å². The van der Waals surface area contributed by atoms with Crippen LogP contribution in [-0.2, 0) is 0 Å². The third kappa shape index (κ3) is 5.09. The molecule has 0 aliphatic carbocycles. The van der Waals surface area contributed by atoms with Crippen molar-refractivity contribution in [1.82, 2.24) is 10.6 Å². The number of carbonyl (C=O) groups excluding carboxylic acids is 2. The van der Waals surface area contributed by atoms with Crippen molar-refractivity contribution in [3.8, 4) is 0 Å². The quantitative estimate of drug-likeness (QED) is 0.748. The molecule has 0 radical (unpaired) electrons. The zero-order chi connectivity index (χ0) is 17.6. The summed E-state index contributed by atoms with van der Waals surface area (Å²) in [5, 5.41) is 9.12. The highest BCUT2D eigenvalue weighted by molar-refractivity contribution is 6.03. The molecule has 0 spiro atoms. The van der Waals surface area contributed by atoms with Crippen LogP contribution in [0.25, 0.3) is 0 Å². The van der Waals surface area contributed by atoms with Crippen LogP contribution in [0.2, 0.25) is 0 Å². The first-order valence-corrected chi connectivity index (χ1v) is 8.58. The van der Waals surface area contributed by atoms with E-state index in [0.29, 0.717) is 23.7 Å². The van der Waals surface area contributed by atoms with Gasteiger partial charge in [0.1, 0.15) is 0 Å². The molecule has 2 heterocycles. The fourth-order valence-electron chi connectivity index (χ4n) is 2.93. The summed E-state index contributed by atoms with van der Waals surface area (Å²) < 4.78 is 5.09. The second-order valence-corrected chi connectivity index (χ2v) is 6.38. The normalized spacial score (nSPS) is 16.4. The van der Waals surface area contributed by atoms with E-state index in [4.69, 9.17) is 4.42 Å². The number of benzene rings is 1. The molecule has 1 aliphatic rings. The Morgan fingerprint density at radius 3 is 2.81 bits per heavy atom. The molecule has 1 unspecified atom stereocenters. The van der Waals surface area contributed by atoms with Crippen LogP contribution in [0, 0.1) is 12.8 Å². The molecular formula is C19H24ClN3O3. The number of piperidine rings is 1. The summed E-state index contributed by atoms with van der Waals surface area (Å²) in [6.07, 6.45) is 3.73. The van der Waals surface area contributed by atoms with Gasteiger partial charge in [0.05, 0.1) is 6.26 Å². The molecule has 7 heteroatoms. The standard InChI is InChI=1S/C19H23N3O3.ClH/c1-13-6-7-15(18(23)21-12-14-4-2-8-20-11-14)10-16(13)22-19(24)17-5-3-9-25-17;/h3,5-7,9-10,14,20H,2,4,8,11-12H2,1H3,(H,21,23)(H,22,24);1H. The summed E-state index contributed by atoms with van der Waals surface area (Å²) >= 11 is 0. The smallest absolute Gasteiger partial charge is 0.291 e. The van der Waals surface area contributed by atoms with Gasteiger partial charge in [0.2, 0.25) is 0 Å². The van der Waals surface area contributed by atoms with Crippen LogP contribution >= 0.6 is 12.4 Å². The molecule has 1 saturated heterocycles. The van der Waals surface area contributed by atoms with E-state index in [1.807, 2.05) is 13.0 Å². The highest BCUT2D eigenvalue weighted by Crippen LogP contribution is 2.18. The summed E-state index contributed by atoms with van der Waals surface area (Å²) in [6.45, 7) is 4.54. The fourth-order valence-corrected chi connectivity index (χ4v) is 2.93. The lowest BCUT2D eigenvalue weighted by Gasteiger charge is -2.23. The van der Waals surface area contributed by atoms with Crippen LogP contribution in [0.3, 0.4) is 0 Å². The second kappa shape index (κ2) is 9.40. The Morgan fingerprint density at radius 1 is 1.27 bits per heavy atom. The van der Waals surface area contributed by atoms with Crippen molar-refractivity contribution in [2.45, 2.75) is 19.8 Å². The Morgan fingerprint density at radius 2 is 2.12 bits per heavy atom. The van der Waals surface area contributed by atoms with E-state index in [1.54, 1.807) is 24.3 Å². The van der Waals surface area contributed by atoms with Crippen molar-refractivity contribution >= 4 is 29.9 Å². The average Bonchev–Trinajstić information content (AvgIpc) is 3.17. The molecule has 140 valence electrons. The van der Waals surface area contributed by atoms with Crippen LogP contribution in [0.5, 0.6) is 0 Å². The van der Waals surface area contributed by atoms with Gasteiger partial charge in [-0.3, -0.25) is 9.59 Å². The number of furan rings is 1. The van der Waals surface area contributed by atoms with Crippen LogP contribution in [0.1, 0.15) is 39.3 Å². The predicted molar refractivity (Wildman–Crippen MR) is 103 cm³/mol. The molecule has 26 heavy (non-hydrogen) atoms. The minimum atomic E-state index is -0.334. The maximum absolute atomic E-state index is 12.4. The molecule has 0 bridgehead atoms. The van der Waals surface area contributed by atoms with Gasteiger partial charge in [-0.1, -0.05) is 6.07 Å². The maximum atomic E-state index is 12.4. The number of aryl methyl sites for hydroxylation is 1. The van der Waals surface area contributed by atoms with Gasteiger partial charge in [-0.2, -0.15) is 0 Å². The third-order valence-corrected chi connectivity index (χ3v) is 4.44. The Hall–Kier alpha value is -2.31. The van der Waals surface area contributed by atoms with Gasteiger partial charge >= 0.3 is 0 Å². The minimum Gasteiger partial charge on any atom is -0.459 e. The Kier molecular flexibility index (Phi) is 7.24. The average molecular weight is 378 g/mol. The fraction of sp³-hybridized carbons (Fsp3) is 0.368. The molecule has 0 saturated carbocycles. The predicted octanol–water partition coefficient (Wildman–Crippen LogP) is 2.99. The number of amides is 2. The van der Waals surface area contributed by atoms with Crippen molar-refractivity contribution in [1.29, 1.82) is 0 Å². The lowest BCUT2D eigenvalue weighted by Crippen LogP contribution is -2.38. The minimum absolute atomic E-state index is 0. The van der Waals surface area contributed by atoms with Gasteiger partial charge in [0.15, 0.2) is 5.76 Å². The van der Waals surface area contributed by atoms with Crippen LogP contribution in [0.15, 0.2) is 41.0 Å². The topological polar surface area (TPSA) is 83.4 Å². The lowest BCUT2D eigenvalue weighted by atomic mass is 9.99. The van der Waals surface area contributed by atoms with E-state index in [-0.39, 0.29) is 30.0 Å². The van der Waals surface area contributed by atoms with Crippen LogP contribution in [-0.4, -0.2) is 31.4 Å². The van der Waals surface area contributed by atoms with Gasteiger partial charge in [0.25, 0.3) is 11.8 Å². The van der Waals surface area contributed by atoms with Crippen LogP contribution < -0.4 is 16.0 Å². The van der Waals surface area contributed by atoms with Gasteiger partial charge < -0.3 is 20.4 Å². The first kappa shape index (κ1) is 20.0. The maximum Gasteiger partial charge on any atom is 0.291 e. The van der Waals surface area contributed by atoms with Crippen molar-refractivity contribution in [2.24, 2.45) is 5.92 Å². The molecular weight excluding hydrogens is 354 g/mol. The number of carbonyl (C=O) groups is 2. The molecule has 6 nitrogen and oxygen atoms in total. The molecule has 1 aliphatic heterocycles. The number of hydrogen-bond acceptors (Lipinski definition) is 4. The summed E-state index contributed by atoms with van der Waals surface area (Å²) in [4.78, 5) is 24.5. The summed E-state index contributed by atoms with van der Waals surface area (Å²) in [5.41, 5.74) is 2.02. The lowest BCUT2D eigenvalue weighted by molar-refractivity contribution is 0.0943. The number of rotatable bonds is 5. The zero-order valence-electron chi connectivity index (χ0n) is 14.7. The number of anilines is 1. The molecule has 1 aromatic carbocycles. The van der Waals surface area contributed by atoms with Crippen molar-refractivity contribution < 1.29 is 14.0 Å². The molecule has 2 aromatic rings. The molecule has 1 atom stereocenters. The van der Waals surface area contributed by atoms with Gasteiger partial charge in [0, 0.05) is 17.8 Å². The van der Waals surface area contributed by atoms with Gasteiger partial charge in [-0.05, 0) is 68.6 Å². The molecule has 1 aromatic heterocycles. The zero-order valence-corrected chi connectivity index (χ0v) is 15.5. The van der Waals surface area contributed by atoms with E-state index < -0.39 is 0 Å².